The summed E-state index contributed by atoms with van der Waals surface area (Å²) in [5.41, 5.74) is 26.4. The van der Waals surface area contributed by atoms with E-state index in [2.05, 4.69) is 383 Å². The lowest BCUT2D eigenvalue weighted by atomic mass is 9.77. The second-order valence-electron chi connectivity index (χ2n) is 29.9. The van der Waals surface area contributed by atoms with Crippen LogP contribution in [0.15, 0.2) is 317 Å². The van der Waals surface area contributed by atoms with E-state index in [1.54, 1.807) is 0 Å². The topological polar surface area (TPSA) is 59.2 Å². The number of hydrogen-bond donors (Lipinski definition) is 0. The molecule has 14 aromatic rings. The Kier molecular flexibility index (Phi) is 18.8. The monoisotopic (exact) mass is 1670 g/mol. The zero-order valence-electron chi connectivity index (χ0n) is 60.5. The van der Waals surface area contributed by atoms with E-state index in [0.717, 1.165) is 46.3 Å². The molecule has 0 aliphatic carbocycles. The molecule has 106 heavy (non-hydrogen) atoms. The van der Waals surface area contributed by atoms with Crippen LogP contribution < -0.4 is 9.80 Å². The summed E-state index contributed by atoms with van der Waals surface area (Å²) in [6, 6.07) is 100. The zero-order valence-corrected chi connectivity index (χ0v) is 68.5. The van der Waals surface area contributed by atoms with Gasteiger partial charge in [-0.05, 0) is 241 Å². The Morgan fingerprint density at radius 3 is 0.906 bits per heavy atom. The van der Waals surface area contributed by atoms with Crippen LogP contribution in [-0.2, 0) is 21.9 Å². The van der Waals surface area contributed by atoms with Crippen LogP contribution in [0.3, 0.4) is 0 Å². The fourth-order valence-corrected chi connectivity index (χ4v) is 18.7. The molecule has 6 heterocycles. The molecule has 0 atom stereocenters. The van der Waals surface area contributed by atoms with Crippen molar-refractivity contribution in [2.75, 3.05) is 9.80 Å². The molecule has 2 aromatic heterocycles. The highest BCUT2D eigenvalue weighted by atomic mass is 79.9. The molecule has 0 bridgehead atoms. The largest absolute Gasteiger partial charge is 0.308 e. The molecule has 4 aliphatic rings. The van der Waals surface area contributed by atoms with Crippen LogP contribution in [0, 0.1) is 27.7 Å². The van der Waals surface area contributed by atoms with Gasteiger partial charge in [-0.15, -0.1) is 0 Å². The zero-order chi connectivity index (χ0) is 73.7. The number of anilines is 6. The first-order valence-corrected chi connectivity index (χ1v) is 40.4. The van der Waals surface area contributed by atoms with Crippen LogP contribution in [0.1, 0.15) is 124 Å². The van der Waals surface area contributed by atoms with Gasteiger partial charge in [-0.3, -0.25) is 4.79 Å². The van der Waals surface area contributed by atoms with Gasteiger partial charge in [0, 0.05) is 81.9 Å². The van der Waals surface area contributed by atoms with E-state index in [4.69, 9.17) is 10.2 Å². The molecule has 0 saturated carbocycles. The lowest BCUT2D eigenvalue weighted by molar-refractivity contribution is 0.103. The smallest absolute Gasteiger partial charge is 0.193 e. The highest BCUT2D eigenvalue weighted by molar-refractivity contribution is 9.11. The van der Waals surface area contributed by atoms with E-state index in [1.807, 2.05) is 72.1 Å². The Balaban J connectivity index is 0.000000154. The van der Waals surface area contributed by atoms with E-state index >= 15 is 0 Å². The molecule has 524 valence electrons. The number of benzene rings is 12. The number of fused-ring (bicyclic) bond motifs is 10. The lowest BCUT2D eigenvalue weighted by Crippen LogP contribution is -2.36. The molecule has 0 spiro atoms. The maximum Gasteiger partial charge on any atom is 0.193 e. The molecule has 0 amide bonds. The highest BCUT2D eigenvalue weighted by Crippen LogP contribution is 2.58. The third kappa shape index (κ3) is 12.7. The standard InChI is InChI=1S/C54H46N4S2.C26H22Br2N2.C13H8Br2O/c1-33-12-24-43-48(28-33)59-49-29-34(2)13-25-44(49)56(43)39-20-16-37(17-21-39)54(42-11-9-8-10-41(42)47-32-52(53(5,6)7)55-58(47)54)38-18-22-40(23-19-38)57-45-26-14-35(3)30-50(45)60-51-31-36(4)15-27-46(51)57;1-25(2,3)24-16-23-21-6-4-5-7-22(21)26(30(23)29-24,17-8-12-19(27)13-9-17)18-10-14-20(28)15-11-18;14-11-5-1-9(2-6-11)13(16)10-3-7-12(15)8-4-10/h8-32H,1-7H3;4-16H,1-3H3;1-8H. The van der Waals surface area contributed by atoms with Crippen molar-refractivity contribution in [3.8, 4) is 22.5 Å². The summed E-state index contributed by atoms with van der Waals surface area (Å²) >= 11 is 17.6. The SMILES string of the molecule is CC(C)(C)c1cc2n(n1)C(c1ccc(Br)cc1)(c1ccc(Br)cc1)c1ccccc1-2.Cc1ccc2c(c1)Sc1cc(C)ccc1N2c1ccc(C2(c3ccc(N4c5ccc(C)cc5Sc5cc(C)ccc54)cc3)c3ccccc3-c3cc(C(C)(C)C)nn32)cc1.O=C(c1ccc(Br)cc1)c1ccc(Br)cc1. The number of nitrogens with zero attached hydrogens (tertiary/aromatic N) is 6. The predicted molar refractivity (Wildman–Crippen MR) is 453 cm³/mol. The number of rotatable bonds is 8. The average molecular weight is 1680 g/mol. The molecule has 0 N–H and O–H groups in total. The van der Waals surface area contributed by atoms with Gasteiger partial charge in [0.1, 0.15) is 11.1 Å². The van der Waals surface area contributed by atoms with Crippen molar-refractivity contribution in [3.63, 3.8) is 0 Å². The molecule has 0 saturated heterocycles. The summed E-state index contributed by atoms with van der Waals surface area (Å²) < 4.78 is 8.65. The molecular formula is C93H76Br4N6OS2. The molecular weight excluding hydrogens is 1600 g/mol. The second kappa shape index (κ2) is 27.9. The second-order valence-corrected chi connectivity index (χ2v) is 35.7. The maximum absolute atomic E-state index is 12.0. The molecule has 7 nitrogen and oxygen atoms in total. The molecule has 0 radical (unpaired) electrons. The Hall–Kier alpha value is -9.05. The highest BCUT2D eigenvalue weighted by Gasteiger charge is 2.50. The van der Waals surface area contributed by atoms with Gasteiger partial charge in [0.15, 0.2) is 5.78 Å². The first-order valence-electron chi connectivity index (χ1n) is 35.5. The van der Waals surface area contributed by atoms with Crippen molar-refractivity contribution in [3.05, 3.63) is 375 Å². The molecule has 4 aliphatic heterocycles. The van der Waals surface area contributed by atoms with E-state index in [1.165, 1.54) is 115 Å². The lowest BCUT2D eigenvalue weighted by Gasteiger charge is -2.36. The fourth-order valence-electron chi connectivity index (χ4n) is 15.2. The van der Waals surface area contributed by atoms with Gasteiger partial charge in [0.05, 0.1) is 45.5 Å². The normalized spacial score (nSPS) is 13.8. The van der Waals surface area contributed by atoms with Crippen LogP contribution in [0.2, 0.25) is 0 Å². The van der Waals surface area contributed by atoms with Crippen molar-refractivity contribution in [1.29, 1.82) is 0 Å². The number of ketones is 1. The van der Waals surface area contributed by atoms with Gasteiger partial charge in [-0.2, -0.15) is 10.2 Å². The minimum absolute atomic E-state index is 0.0303. The van der Waals surface area contributed by atoms with E-state index in [-0.39, 0.29) is 16.6 Å². The van der Waals surface area contributed by atoms with Crippen molar-refractivity contribution >= 4 is 127 Å². The Labute approximate surface area is 663 Å². The molecule has 18 rings (SSSR count). The molecule has 13 heteroatoms. The quantitative estimate of drug-likeness (QED) is 0.141. The Morgan fingerprint density at radius 1 is 0.340 bits per heavy atom. The van der Waals surface area contributed by atoms with E-state index in [0.29, 0.717) is 11.1 Å². The number of halogens is 4. The van der Waals surface area contributed by atoms with E-state index in [9.17, 15) is 4.79 Å². The Morgan fingerprint density at radius 2 is 0.613 bits per heavy atom. The molecule has 0 fully saturated rings. The number of carbonyl (C=O) groups is 1. The summed E-state index contributed by atoms with van der Waals surface area (Å²) in [6.07, 6.45) is 0. The van der Waals surface area contributed by atoms with Crippen molar-refractivity contribution in [1.82, 2.24) is 19.6 Å². The summed E-state index contributed by atoms with van der Waals surface area (Å²) in [7, 11) is 0. The summed E-state index contributed by atoms with van der Waals surface area (Å²) in [6.45, 7) is 22.1. The summed E-state index contributed by atoms with van der Waals surface area (Å²) in [4.78, 5) is 22.0. The van der Waals surface area contributed by atoms with Gasteiger partial charge >= 0.3 is 0 Å². The van der Waals surface area contributed by atoms with Gasteiger partial charge in [0.2, 0.25) is 0 Å². The van der Waals surface area contributed by atoms with Gasteiger partial charge < -0.3 is 9.80 Å². The summed E-state index contributed by atoms with van der Waals surface area (Å²) in [5, 5.41) is 10.8. The number of aromatic nitrogens is 4. The number of carbonyl (C=O) groups excluding carboxylic acids is 1. The summed E-state index contributed by atoms with van der Waals surface area (Å²) in [5.74, 6) is 0.0417. The first kappa shape index (κ1) is 71.2. The number of aryl methyl sites for hydroxylation is 4. The molecule has 0 unspecified atom stereocenters. The predicted octanol–water partition coefficient (Wildman–Crippen LogP) is 27.1. The van der Waals surface area contributed by atoms with Crippen LogP contribution in [0.25, 0.3) is 22.5 Å². The third-order valence-electron chi connectivity index (χ3n) is 20.5. The van der Waals surface area contributed by atoms with Crippen molar-refractivity contribution in [2.45, 2.75) is 111 Å². The van der Waals surface area contributed by atoms with Gasteiger partial charge in [-0.25, -0.2) is 9.36 Å². The minimum Gasteiger partial charge on any atom is -0.308 e. The fraction of sp³-hybridized carbons (Fsp3) is 0.151. The average Bonchev–Trinajstić information content (AvgIpc) is 1.52. The van der Waals surface area contributed by atoms with Crippen LogP contribution in [-0.4, -0.2) is 25.3 Å². The van der Waals surface area contributed by atoms with Gasteiger partial charge in [-0.1, -0.05) is 250 Å². The number of hydrogen-bond acceptors (Lipinski definition) is 7. The van der Waals surface area contributed by atoms with Crippen LogP contribution in [0.4, 0.5) is 34.1 Å². The molecule has 12 aromatic carbocycles. The van der Waals surface area contributed by atoms with E-state index < -0.39 is 11.1 Å². The van der Waals surface area contributed by atoms with Gasteiger partial charge in [0.25, 0.3) is 0 Å². The van der Waals surface area contributed by atoms with Crippen molar-refractivity contribution in [2.24, 2.45) is 0 Å². The minimum atomic E-state index is -0.712. The Bertz CT molecular complexity index is 5390. The third-order valence-corrected chi connectivity index (χ3v) is 24.8. The first-order chi connectivity index (χ1) is 50.9. The van der Waals surface area contributed by atoms with Crippen LogP contribution in [0.5, 0.6) is 0 Å². The van der Waals surface area contributed by atoms with Crippen LogP contribution >= 0.6 is 87.2 Å². The van der Waals surface area contributed by atoms with Crippen molar-refractivity contribution < 1.29 is 4.79 Å². The maximum atomic E-state index is 12.0.